The van der Waals surface area contributed by atoms with Crippen LogP contribution in [0.1, 0.15) is 31.7 Å². The monoisotopic (exact) mass is 361 g/mol. The molecule has 1 atom stereocenters. The van der Waals surface area contributed by atoms with Crippen molar-refractivity contribution in [2.45, 2.75) is 39.2 Å². The third kappa shape index (κ3) is 6.06. The topological polar surface area (TPSA) is 48.3 Å². The molecule has 0 fully saturated rings. The summed E-state index contributed by atoms with van der Waals surface area (Å²) < 4.78 is 13.8. The van der Waals surface area contributed by atoms with Gasteiger partial charge in [-0.3, -0.25) is 4.68 Å². The molecule has 0 aromatic carbocycles. The molecule has 21 heavy (non-hydrogen) atoms. The third-order valence-electron chi connectivity index (χ3n) is 3.38. The molecular weight excluding hydrogens is 334 g/mol. The van der Waals surface area contributed by atoms with Gasteiger partial charge in [0.05, 0.1) is 35.7 Å². The van der Waals surface area contributed by atoms with Crippen molar-refractivity contribution < 1.29 is 9.47 Å². The summed E-state index contributed by atoms with van der Waals surface area (Å²) in [4.78, 5) is 0. The Balaban J connectivity index is 2.64. The highest BCUT2D eigenvalue weighted by Gasteiger charge is 2.17. The maximum atomic E-state index is 5.69. The lowest BCUT2D eigenvalue weighted by molar-refractivity contribution is 0.0585. The second kappa shape index (κ2) is 10.3. The standard InChI is InChI=1S/C15H28BrN3O2/c1-5-7-17-12(11-21-9-8-20-4)10-14-15(16)13(6-2)18-19(14)3/h12,17H,5-11H2,1-4H3. The predicted molar refractivity (Wildman–Crippen MR) is 88.8 cm³/mol. The van der Waals surface area contributed by atoms with Gasteiger partial charge in [0, 0.05) is 26.6 Å². The maximum absolute atomic E-state index is 5.69. The van der Waals surface area contributed by atoms with Gasteiger partial charge in [-0.15, -0.1) is 0 Å². The van der Waals surface area contributed by atoms with Gasteiger partial charge in [-0.1, -0.05) is 13.8 Å². The number of ether oxygens (including phenoxy) is 2. The third-order valence-corrected chi connectivity index (χ3v) is 4.29. The average Bonchev–Trinajstić information content (AvgIpc) is 2.75. The van der Waals surface area contributed by atoms with Gasteiger partial charge < -0.3 is 14.8 Å². The number of rotatable bonds is 11. The molecule has 1 heterocycles. The fourth-order valence-corrected chi connectivity index (χ4v) is 2.96. The van der Waals surface area contributed by atoms with E-state index in [0.717, 1.165) is 36.0 Å². The molecule has 0 spiro atoms. The van der Waals surface area contributed by atoms with Crippen LogP contribution in [0.3, 0.4) is 0 Å². The minimum Gasteiger partial charge on any atom is -0.382 e. The summed E-state index contributed by atoms with van der Waals surface area (Å²) in [5.74, 6) is 0. The first-order valence-electron chi connectivity index (χ1n) is 7.64. The second-order valence-electron chi connectivity index (χ2n) is 5.11. The summed E-state index contributed by atoms with van der Waals surface area (Å²) in [7, 11) is 3.69. The van der Waals surface area contributed by atoms with E-state index in [-0.39, 0.29) is 0 Å². The Morgan fingerprint density at radius 1 is 1.33 bits per heavy atom. The highest BCUT2D eigenvalue weighted by atomic mass is 79.9. The lowest BCUT2D eigenvalue weighted by Crippen LogP contribution is -2.37. The van der Waals surface area contributed by atoms with E-state index in [1.165, 1.54) is 5.69 Å². The molecule has 1 rings (SSSR count). The van der Waals surface area contributed by atoms with E-state index in [0.29, 0.717) is 25.9 Å². The number of halogens is 1. The molecule has 0 saturated carbocycles. The van der Waals surface area contributed by atoms with Gasteiger partial charge >= 0.3 is 0 Å². The van der Waals surface area contributed by atoms with Crippen molar-refractivity contribution >= 4 is 15.9 Å². The Kier molecular flexibility index (Phi) is 9.15. The van der Waals surface area contributed by atoms with Crippen LogP contribution < -0.4 is 5.32 Å². The number of hydrogen-bond donors (Lipinski definition) is 1. The molecule has 0 aliphatic carbocycles. The zero-order valence-corrected chi connectivity index (χ0v) is 15.2. The fourth-order valence-electron chi connectivity index (χ4n) is 2.18. The van der Waals surface area contributed by atoms with Crippen molar-refractivity contribution in [1.29, 1.82) is 0 Å². The Bertz CT molecular complexity index is 410. The minimum atomic E-state index is 0.290. The molecule has 0 bridgehead atoms. The SMILES string of the molecule is CCCNC(COCCOC)Cc1c(Br)c(CC)nn1C. The average molecular weight is 362 g/mol. The van der Waals surface area contributed by atoms with Crippen LogP contribution in [0.2, 0.25) is 0 Å². The highest BCUT2D eigenvalue weighted by molar-refractivity contribution is 9.10. The van der Waals surface area contributed by atoms with E-state index in [4.69, 9.17) is 9.47 Å². The quantitative estimate of drug-likeness (QED) is 0.614. The number of nitrogens with one attached hydrogen (secondary N) is 1. The molecular formula is C15H28BrN3O2. The molecule has 1 aromatic rings. The van der Waals surface area contributed by atoms with E-state index >= 15 is 0 Å². The summed E-state index contributed by atoms with van der Waals surface area (Å²) in [5, 5.41) is 8.10. The van der Waals surface area contributed by atoms with E-state index in [9.17, 15) is 0 Å². The first-order chi connectivity index (χ1) is 10.1. The van der Waals surface area contributed by atoms with Crippen molar-refractivity contribution in [2.24, 2.45) is 7.05 Å². The Labute approximate surface area is 136 Å². The van der Waals surface area contributed by atoms with Gasteiger partial charge in [-0.05, 0) is 35.3 Å². The zero-order valence-electron chi connectivity index (χ0n) is 13.6. The van der Waals surface area contributed by atoms with Crippen LogP contribution in [0.15, 0.2) is 4.47 Å². The number of nitrogens with zero attached hydrogens (tertiary/aromatic N) is 2. The van der Waals surface area contributed by atoms with Crippen molar-refractivity contribution in [3.8, 4) is 0 Å². The fraction of sp³-hybridized carbons (Fsp3) is 0.800. The molecule has 5 nitrogen and oxygen atoms in total. The van der Waals surface area contributed by atoms with Crippen LogP contribution in [-0.2, 0) is 29.4 Å². The normalized spacial score (nSPS) is 12.8. The minimum absolute atomic E-state index is 0.290. The van der Waals surface area contributed by atoms with Crippen LogP contribution in [0.5, 0.6) is 0 Å². The lowest BCUT2D eigenvalue weighted by Gasteiger charge is -2.19. The van der Waals surface area contributed by atoms with Gasteiger partial charge in [0.15, 0.2) is 0 Å². The van der Waals surface area contributed by atoms with Crippen LogP contribution >= 0.6 is 15.9 Å². The van der Waals surface area contributed by atoms with E-state index < -0.39 is 0 Å². The summed E-state index contributed by atoms with van der Waals surface area (Å²) in [6.07, 6.45) is 2.95. The van der Waals surface area contributed by atoms with Gasteiger partial charge in [-0.2, -0.15) is 5.10 Å². The van der Waals surface area contributed by atoms with Gasteiger partial charge in [0.2, 0.25) is 0 Å². The summed E-state index contributed by atoms with van der Waals surface area (Å²) >= 11 is 3.68. The molecule has 1 aromatic heterocycles. The molecule has 0 aliphatic heterocycles. The van der Waals surface area contributed by atoms with Gasteiger partial charge in [0.1, 0.15) is 0 Å². The molecule has 122 valence electrons. The van der Waals surface area contributed by atoms with Gasteiger partial charge in [-0.25, -0.2) is 0 Å². The summed E-state index contributed by atoms with van der Waals surface area (Å²) in [6, 6.07) is 0.290. The van der Waals surface area contributed by atoms with E-state index in [2.05, 4.69) is 40.2 Å². The number of hydrogen-bond acceptors (Lipinski definition) is 4. The van der Waals surface area contributed by atoms with Crippen LogP contribution in [0, 0.1) is 0 Å². The molecule has 1 unspecified atom stereocenters. The number of aryl methyl sites for hydroxylation is 2. The predicted octanol–water partition coefficient (Wildman–Crippen LogP) is 2.32. The van der Waals surface area contributed by atoms with Crippen LogP contribution in [-0.4, -0.2) is 49.3 Å². The van der Waals surface area contributed by atoms with Crippen molar-refractivity contribution in [1.82, 2.24) is 15.1 Å². The van der Waals surface area contributed by atoms with Crippen molar-refractivity contribution in [3.63, 3.8) is 0 Å². The van der Waals surface area contributed by atoms with E-state index in [1.54, 1.807) is 7.11 Å². The van der Waals surface area contributed by atoms with E-state index in [1.807, 2.05) is 11.7 Å². The van der Waals surface area contributed by atoms with Crippen molar-refractivity contribution in [3.05, 3.63) is 15.9 Å². The molecule has 1 N–H and O–H groups in total. The Morgan fingerprint density at radius 2 is 2.10 bits per heavy atom. The first kappa shape index (κ1) is 18.6. The molecule has 6 heteroatoms. The first-order valence-corrected chi connectivity index (χ1v) is 8.43. The second-order valence-corrected chi connectivity index (χ2v) is 5.90. The highest BCUT2D eigenvalue weighted by Crippen LogP contribution is 2.22. The molecule has 0 saturated heterocycles. The lowest BCUT2D eigenvalue weighted by atomic mass is 10.1. The number of aromatic nitrogens is 2. The van der Waals surface area contributed by atoms with Crippen LogP contribution in [0.25, 0.3) is 0 Å². The molecule has 0 amide bonds. The number of methoxy groups -OCH3 is 1. The zero-order chi connectivity index (χ0) is 15.7. The summed E-state index contributed by atoms with van der Waals surface area (Å²) in [5.41, 5.74) is 2.33. The summed E-state index contributed by atoms with van der Waals surface area (Å²) in [6.45, 7) is 7.24. The molecule has 0 radical (unpaired) electrons. The van der Waals surface area contributed by atoms with Crippen LogP contribution in [0.4, 0.5) is 0 Å². The van der Waals surface area contributed by atoms with Crippen molar-refractivity contribution in [2.75, 3.05) is 33.5 Å². The van der Waals surface area contributed by atoms with Gasteiger partial charge in [0.25, 0.3) is 0 Å². The smallest absolute Gasteiger partial charge is 0.0766 e. The largest absolute Gasteiger partial charge is 0.382 e. The molecule has 0 aliphatic rings. The Hall–Kier alpha value is -0.430. The Morgan fingerprint density at radius 3 is 2.67 bits per heavy atom. The maximum Gasteiger partial charge on any atom is 0.0766 e.